The first-order chi connectivity index (χ1) is 11.2. The van der Waals surface area contributed by atoms with Gasteiger partial charge in [0.1, 0.15) is 11.6 Å². The van der Waals surface area contributed by atoms with Crippen molar-refractivity contribution >= 4 is 11.0 Å². The first kappa shape index (κ1) is 15.5. The van der Waals surface area contributed by atoms with Crippen LogP contribution in [0.15, 0.2) is 48.5 Å². The summed E-state index contributed by atoms with van der Waals surface area (Å²) in [6.45, 7) is 0.0526. The van der Waals surface area contributed by atoms with Crippen LogP contribution in [0.25, 0.3) is 11.0 Å². The molecular weight excluding hydrogens is 292 g/mol. The van der Waals surface area contributed by atoms with Crippen molar-refractivity contribution in [3.05, 3.63) is 59.9 Å². The molecule has 5 heteroatoms. The molecule has 0 bridgehead atoms. The van der Waals surface area contributed by atoms with E-state index in [1.54, 1.807) is 7.11 Å². The van der Waals surface area contributed by atoms with Crippen molar-refractivity contribution in [2.45, 2.75) is 19.1 Å². The molecule has 3 rings (SSSR count). The van der Waals surface area contributed by atoms with E-state index in [4.69, 9.17) is 9.84 Å². The van der Waals surface area contributed by atoms with E-state index in [-0.39, 0.29) is 6.61 Å². The smallest absolute Gasteiger partial charge is 0.118 e. The van der Waals surface area contributed by atoms with Crippen LogP contribution >= 0.6 is 0 Å². The topological polar surface area (TPSA) is 67.5 Å². The van der Waals surface area contributed by atoms with Gasteiger partial charge in [0, 0.05) is 6.42 Å². The summed E-state index contributed by atoms with van der Waals surface area (Å²) in [6.07, 6.45) is -0.154. The zero-order chi connectivity index (χ0) is 16.2. The van der Waals surface area contributed by atoms with Crippen molar-refractivity contribution in [2.75, 3.05) is 13.7 Å². The Labute approximate surface area is 134 Å². The third kappa shape index (κ3) is 3.36. The third-order valence-electron chi connectivity index (χ3n) is 3.86. The number of nitrogens with zero attached hydrogens (tertiary/aromatic N) is 2. The minimum Gasteiger partial charge on any atom is -0.497 e. The molecule has 2 aromatic carbocycles. The number of benzene rings is 2. The first-order valence-corrected chi connectivity index (χ1v) is 7.57. The van der Waals surface area contributed by atoms with Crippen molar-refractivity contribution in [3.63, 3.8) is 0 Å². The lowest BCUT2D eigenvalue weighted by molar-refractivity contribution is 0.0815. The van der Waals surface area contributed by atoms with E-state index in [1.807, 2.05) is 53.1 Å². The van der Waals surface area contributed by atoms with Gasteiger partial charge in [-0.3, -0.25) is 0 Å². The highest BCUT2D eigenvalue weighted by Crippen LogP contribution is 2.20. The highest BCUT2D eigenvalue weighted by atomic mass is 16.5. The van der Waals surface area contributed by atoms with Gasteiger partial charge in [-0.1, -0.05) is 24.3 Å². The summed E-state index contributed by atoms with van der Waals surface area (Å²) in [5.74, 6) is 1.68. The summed E-state index contributed by atoms with van der Waals surface area (Å²) in [7, 11) is 1.64. The van der Waals surface area contributed by atoms with Gasteiger partial charge in [0.2, 0.25) is 0 Å². The van der Waals surface area contributed by atoms with Crippen LogP contribution in [-0.2, 0) is 13.0 Å². The van der Waals surface area contributed by atoms with Crippen LogP contribution < -0.4 is 4.74 Å². The van der Waals surface area contributed by atoms with E-state index >= 15 is 0 Å². The molecule has 1 heterocycles. The number of ether oxygens (including phenoxy) is 1. The van der Waals surface area contributed by atoms with E-state index in [0.717, 1.165) is 28.2 Å². The Morgan fingerprint density at radius 3 is 2.57 bits per heavy atom. The standard InChI is InChI=1S/C18H20N2O3/c1-23-15-8-6-13(7-9-15)10-18-19-16-4-2-3-5-17(16)20(18)11-14(22)12-21/h2-9,14,21-22H,10-12H2,1H3/t14-/m1/s1. The fourth-order valence-electron chi connectivity index (χ4n) is 2.66. The number of rotatable bonds is 6. The maximum Gasteiger partial charge on any atom is 0.118 e. The molecule has 120 valence electrons. The van der Waals surface area contributed by atoms with Crippen LogP contribution in [0.5, 0.6) is 5.75 Å². The number of imidazole rings is 1. The van der Waals surface area contributed by atoms with Gasteiger partial charge in [-0.2, -0.15) is 0 Å². The lowest BCUT2D eigenvalue weighted by Gasteiger charge is -2.13. The van der Waals surface area contributed by atoms with Gasteiger partial charge in [0.05, 0.1) is 37.4 Å². The average Bonchev–Trinajstić information content (AvgIpc) is 2.93. The summed E-state index contributed by atoms with van der Waals surface area (Å²) >= 11 is 0. The van der Waals surface area contributed by atoms with Crippen molar-refractivity contribution in [1.82, 2.24) is 9.55 Å². The van der Waals surface area contributed by atoms with Crippen LogP contribution in [0.2, 0.25) is 0 Å². The van der Waals surface area contributed by atoms with Crippen molar-refractivity contribution in [3.8, 4) is 5.75 Å². The molecule has 0 amide bonds. The normalized spacial score (nSPS) is 12.5. The minimum absolute atomic E-state index is 0.269. The minimum atomic E-state index is -0.803. The molecule has 0 unspecified atom stereocenters. The largest absolute Gasteiger partial charge is 0.497 e. The van der Waals surface area contributed by atoms with Crippen LogP contribution in [0.1, 0.15) is 11.4 Å². The predicted octanol–water partition coefficient (Wildman–Crippen LogP) is 1.99. The number of aromatic nitrogens is 2. The van der Waals surface area contributed by atoms with Gasteiger partial charge in [-0.25, -0.2) is 4.98 Å². The molecular formula is C18H20N2O3. The Balaban J connectivity index is 1.96. The SMILES string of the molecule is COc1ccc(Cc2nc3ccccc3n2C[C@@H](O)CO)cc1. The number of fused-ring (bicyclic) bond motifs is 1. The van der Waals surface area contributed by atoms with E-state index in [0.29, 0.717) is 13.0 Å². The zero-order valence-electron chi connectivity index (χ0n) is 13.0. The number of methoxy groups -OCH3 is 1. The molecule has 0 aliphatic heterocycles. The molecule has 23 heavy (non-hydrogen) atoms. The number of para-hydroxylation sites is 2. The van der Waals surface area contributed by atoms with E-state index < -0.39 is 6.10 Å². The van der Waals surface area contributed by atoms with E-state index in [2.05, 4.69) is 4.98 Å². The van der Waals surface area contributed by atoms with Crippen LogP contribution in [0.3, 0.4) is 0 Å². The third-order valence-corrected chi connectivity index (χ3v) is 3.86. The molecule has 3 aromatic rings. The Morgan fingerprint density at radius 1 is 1.13 bits per heavy atom. The summed E-state index contributed by atoms with van der Waals surface area (Å²) in [5.41, 5.74) is 2.96. The van der Waals surface area contributed by atoms with Gasteiger partial charge < -0.3 is 19.5 Å². The molecule has 0 radical (unpaired) electrons. The molecule has 5 nitrogen and oxygen atoms in total. The summed E-state index contributed by atoms with van der Waals surface area (Å²) < 4.78 is 7.15. The van der Waals surface area contributed by atoms with Gasteiger partial charge in [-0.05, 0) is 29.8 Å². The molecule has 2 N–H and O–H groups in total. The molecule has 0 spiro atoms. The van der Waals surface area contributed by atoms with E-state index in [1.165, 1.54) is 0 Å². The Kier molecular flexibility index (Phi) is 4.60. The second-order valence-electron chi connectivity index (χ2n) is 5.49. The van der Waals surface area contributed by atoms with Gasteiger partial charge >= 0.3 is 0 Å². The van der Waals surface area contributed by atoms with Crippen molar-refractivity contribution in [1.29, 1.82) is 0 Å². The van der Waals surface area contributed by atoms with Gasteiger partial charge in [0.15, 0.2) is 0 Å². The van der Waals surface area contributed by atoms with Gasteiger partial charge in [-0.15, -0.1) is 0 Å². The number of aliphatic hydroxyl groups is 2. The average molecular weight is 312 g/mol. The summed E-state index contributed by atoms with van der Waals surface area (Å²) in [6, 6.07) is 15.7. The molecule has 0 aliphatic carbocycles. The molecule has 0 aliphatic rings. The maximum absolute atomic E-state index is 9.83. The van der Waals surface area contributed by atoms with Crippen molar-refractivity contribution in [2.24, 2.45) is 0 Å². The quantitative estimate of drug-likeness (QED) is 0.730. The molecule has 0 fully saturated rings. The number of hydrogen-bond donors (Lipinski definition) is 2. The highest BCUT2D eigenvalue weighted by Gasteiger charge is 2.14. The summed E-state index contributed by atoms with van der Waals surface area (Å²) in [5, 5.41) is 19.0. The van der Waals surface area contributed by atoms with Crippen LogP contribution in [0, 0.1) is 0 Å². The van der Waals surface area contributed by atoms with Crippen LogP contribution in [-0.4, -0.2) is 39.6 Å². The molecule has 0 saturated heterocycles. The second kappa shape index (κ2) is 6.81. The zero-order valence-corrected chi connectivity index (χ0v) is 13.0. The predicted molar refractivity (Wildman–Crippen MR) is 88.6 cm³/mol. The van der Waals surface area contributed by atoms with Crippen LogP contribution in [0.4, 0.5) is 0 Å². The molecule has 1 atom stereocenters. The highest BCUT2D eigenvalue weighted by molar-refractivity contribution is 5.76. The number of aliphatic hydroxyl groups excluding tert-OH is 2. The maximum atomic E-state index is 9.83. The fourth-order valence-corrected chi connectivity index (χ4v) is 2.66. The molecule has 0 saturated carbocycles. The lowest BCUT2D eigenvalue weighted by Crippen LogP contribution is -2.21. The summed E-state index contributed by atoms with van der Waals surface area (Å²) in [4.78, 5) is 4.68. The fraction of sp³-hybridized carbons (Fsp3) is 0.278. The lowest BCUT2D eigenvalue weighted by atomic mass is 10.1. The Hall–Kier alpha value is -2.37. The monoisotopic (exact) mass is 312 g/mol. The molecule has 1 aromatic heterocycles. The van der Waals surface area contributed by atoms with Gasteiger partial charge in [0.25, 0.3) is 0 Å². The van der Waals surface area contributed by atoms with E-state index in [9.17, 15) is 5.11 Å². The second-order valence-corrected chi connectivity index (χ2v) is 5.49. The Bertz CT molecular complexity index is 781. The number of hydrogen-bond acceptors (Lipinski definition) is 4. The van der Waals surface area contributed by atoms with Crippen molar-refractivity contribution < 1.29 is 14.9 Å². The Morgan fingerprint density at radius 2 is 1.87 bits per heavy atom. The first-order valence-electron chi connectivity index (χ1n) is 7.57.